The van der Waals surface area contributed by atoms with Gasteiger partial charge in [-0.05, 0) is 90.6 Å². The molecule has 4 aromatic heterocycles. The molecule has 4 heterocycles. The molecule has 7 nitrogen and oxygen atoms in total. The number of aromatic nitrogens is 5. The van der Waals surface area contributed by atoms with Gasteiger partial charge in [0.25, 0.3) is 0 Å². The van der Waals surface area contributed by atoms with Crippen LogP contribution in [0.15, 0.2) is 122 Å². The molecule has 0 amide bonds. The first kappa shape index (κ1) is 52.4. The third kappa shape index (κ3) is 17.4. The van der Waals surface area contributed by atoms with E-state index in [0.717, 1.165) is 91.8 Å². The van der Waals surface area contributed by atoms with E-state index in [9.17, 15) is 0 Å². The lowest BCUT2D eigenvalue weighted by Gasteiger charge is -2.15. The van der Waals surface area contributed by atoms with Crippen molar-refractivity contribution in [2.24, 2.45) is 0 Å². The Balaban J connectivity index is 1.11. The molecule has 0 fully saturated rings. The maximum atomic E-state index is 6.56. The van der Waals surface area contributed by atoms with Crippen LogP contribution in [0.2, 0.25) is 0 Å². The Bertz CT molecular complexity index is 2620. The molecule has 0 atom stereocenters. The second-order valence-corrected chi connectivity index (χ2v) is 19.1. The number of nitrogens with zero attached hydrogens (tertiary/aromatic N) is 5. The Hall–Kier alpha value is -6.47. The zero-order chi connectivity index (χ0) is 49.1. The Kier molecular flexibility index (Phi) is 21.9. The third-order valence-electron chi connectivity index (χ3n) is 13.2. The van der Waals surface area contributed by atoms with Crippen molar-refractivity contribution in [3.63, 3.8) is 0 Å². The molecule has 0 N–H and O–H groups in total. The van der Waals surface area contributed by atoms with Gasteiger partial charge in [0.15, 0.2) is 11.5 Å². The molecule has 7 heteroatoms. The fourth-order valence-electron chi connectivity index (χ4n) is 8.91. The number of aryl methyl sites for hydroxylation is 1. The van der Waals surface area contributed by atoms with Gasteiger partial charge in [0.1, 0.15) is 0 Å². The van der Waals surface area contributed by atoms with E-state index < -0.39 is 0 Å². The first-order valence-electron chi connectivity index (χ1n) is 27.1. The molecule has 7 rings (SSSR count). The summed E-state index contributed by atoms with van der Waals surface area (Å²) in [6.07, 6.45) is 37.7. The minimum atomic E-state index is 0.651. The molecular formula is C64H77N5O2. The highest BCUT2D eigenvalue weighted by Crippen LogP contribution is 2.34. The van der Waals surface area contributed by atoms with Gasteiger partial charge in [0.2, 0.25) is 0 Å². The Morgan fingerprint density at radius 3 is 1.20 bits per heavy atom. The number of fused-ring (bicyclic) bond motifs is 1. The van der Waals surface area contributed by atoms with Crippen molar-refractivity contribution in [1.29, 1.82) is 0 Å². The molecule has 0 aliphatic heterocycles. The predicted octanol–water partition coefficient (Wildman–Crippen LogP) is 18.1. The van der Waals surface area contributed by atoms with Gasteiger partial charge in [0.05, 0.1) is 58.4 Å². The first-order chi connectivity index (χ1) is 35.1. The van der Waals surface area contributed by atoms with Crippen LogP contribution in [0.25, 0.3) is 69.2 Å². The fourth-order valence-corrected chi connectivity index (χ4v) is 8.91. The van der Waals surface area contributed by atoms with Crippen LogP contribution >= 0.6 is 0 Å². The topological polar surface area (TPSA) is 82.9 Å². The maximum absolute atomic E-state index is 6.56. The summed E-state index contributed by atoms with van der Waals surface area (Å²) in [5.74, 6) is 1.50. The van der Waals surface area contributed by atoms with Gasteiger partial charge in [0, 0.05) is 24.5 Å². The van der Waals surface area contributed by atoms with Crippen molar-refractivity contribution < 1.29 is 9.47 Å². The number of ether oxygens (including phenoxy) is 2. The summed E-state index contributed by atoms with van der Waals surface area (Å²) in [6, 6.07) is 37.2. The van der Waals surface area contributed by atoms with Crippen molar-refractivity contribution in [2.75, 3.05) is 13.2 Å². The van der Waals surface area contributed by atoms with Crippen molar-refractivity contribution in [3.05, 3.63) is 150 Å². The number of pyridine rings is 3. The van der Waals surface area contributed by atoms with Crippen LogP contribution in [0.5, 0.6) is 11.5 Å². The van der Waals surface area contributed by atoms with Crippen molar-refractivity contribution in [3.8, 4) is 45.4 Å². The fraction of sp³-hybridized carbons (Fsp3) is 0.391. The molecule has 0 saturated carbocycles. The van der Waals surface area contributed by atoms with Gasteiger partial charge in [-0.25, -0.2) is 15.0 Å². The maximum Gasteiger partial charge on any atom is 0.163 e. The summed E-state index contributed by atoms with van der Waals surface area (Å²) >= 11 is 0. The highest BCUT2D eigenvalue weighted by Gasteiger charge is 2.14. The van der Waals surface area contributed by atoms with Crippen LogP contribution < -0.4 is 9.47 Å². The van der Waals surface area contributed by atoms with E-state index in [1.54, 1.807) is 12.4 Å². The van der Waals surface area contributed by atoms with Gasteiger partial charge < -0.3 is 9.47 Å². The summed E-state index contributed by atoms with van der Waals surface area (Å²) in [7, 11) is 0. The predicted molar refractivity (Wildman–Crippen MR) is 299 cm³/mol. The summed E-state index contributed by atoms with van der Waals surface area (Å²) < 4.78 is 13.1. The van der Waals surface area contributed by atoms with Gasteiger partial charge in [-0.1, -0.05) is 208 Å². The molecule has 0 spiro atoms. The minimum Gasteiger partial charge on any atom is -0.490 e. The lowest BCUT2D eigenvalue weighted by molar-refractivity contribution is 0.259. The van der Waals surface area contributed by atoms with E-state index in [0.29, 0.717) is 13.2 Å². The number of hydrogen-bond acceptors (Lipinski definition) is 7. The minimum absolute atomic E-state index is 0.651. The number of unbranched alkanes of at least 4 members (excludes halogenated alkanes) is 18. The van der Waals surface area contributed by atoms with Crippen molar-refractivity contribution in [2.45, 2.75) is 149 Å². The number of hydrogen-bond donors (Lipinski definition) is 0. The molecule has 71 heavy (non-hydrogen) atoms. The highest BCUT2D eigenvalue weighted by molar-refractivity contribution is 5.85. The van der Waals surface area contributed by atoms with Crippen molar-refractivity contribution in [1.82, 2.24) is 24.9 Å². The van der Waals surface area contributed by atoms with Crippen LogP contribution in [0.1, 0.15) is 170 Å². The van der Waals surface area contributed by atoms with Gasteiger partial charge in [-0.2, -0.15) is 0 Å². The normalized spacial score (nSPS) is 11.6. The highest BCUT2D eigenvalue weighted by atomic mass is 16.5. The molecule has 370 valence electrons. The van der Waals surface area contributed by atoms with E-state index in [1.807, 2.05) is 48.5 Å². The van der Waals surface area contributed by atoms with E-state index in [4.69, 9.17) is 24.4 Å². The van der Waals surface area contributed by atoms with E-state index in [-0.39, 0.29) is 0 Å². The Morgan fingerprint density at radius 1 is 0.380 bits per heavy atom. The molecule has 0 aliphatic carbocycles. The molecule has 0 radical (unpaired) electrons. The summed E-state index contributed by atoms with van der Waals surface area (Å²) in [5.41, 5.74) is 11.8. The number of benzene rings is 3. The summed E-state index contributed by atoms with van der Waals surface area (Å²) in [4.78, 5) is 24.7. The van der Waals surface area contributed by atoms with Gasteiger partial charge in [-0.15, -0.1) is 0 Å². The lowest BCUT2D eigenvalue weighted by Crippen LogP contribution is -2.04. The molecule has 3 aromatic carbocycles. The van der Waals surface area contributed by atoms with Crippen LogP contribution in [0.4, 0.5) is 0 Å². The average Bonchev–Trinajstić information content (AvgIpc) is 3.41. The zero-order valence-corrected chi connectivity index (χ0v) is 43.0. The van der Waals surface area contributed by atoms with Gasteiger partial charge >= 0.3 is 0 Å². The Labute approximate surface area is 425 Å². The monoisotopic (exact) mass is 948 g/mol. The van der Waals surface area contributed by atoms with E-state index in [1.165, 1.54) is 121 Å². The second-order valence-electron chi connectivity index (χ2n) is 19.1. The van der Waals surface area contributed by atoms with Gasteiger partial charge in [-0.3, -0.25) is 9.97 Å². The van der Waals surface area contributed by atoms with E-state index >= 15 is 0 Å². The lowest BCUT2D eigenvalue weighted by atomic mass is 10.0. The molecule has 0 unspecified atom stereocenters. The zero-order valence-electron chi connectivity index (χ0n) is 43.0. The molecule has 0 aliphatic rings. The standard InChI is InChI=1S/C64H77N5O2/c1-4-6-8-10-12-14-16-18-20-26-44-70-63-48-61-62(49-64(63)71-45-27-21-19-17-15-13-11-9-7-5-2)68-58(57(67-61)40-36-51-32-30-50(3)31-33-51)41-37-52-34-38-53(39-35-52)54-46-59(55-28-22-24-42-65-55)69-60(47-54)56-29-23-25-43-66-56/h22-25,28-43,46-49H,4-21,26-27,44-45H2,1-3H3/b40-36+,41-37+. The quantitative estimate of drug-likeness (QED) is 0.0401. The summed E-state index contributed by atoms with van der Waals surface area (Å²) in [5, 5.41) is 0. The van der Waals surface area contributed by atoms with Crippen LogP contribution in [0.3, 0.4) is 0 Å². The van der Waals surface area contributed by atoms with Crippen LogP contribution in [-0.4, -0.2) is 38.1 Å². The third-order valence-corrected chi connectivity index (χ3v) is 13.2. The van der Waals surface area contributed by atoms with Crippen molar-refractivity contribution >= 4 is 35.3 Å². The molecular weight excluding hydrogens is 871 g/mol. The number of rotatable bonds is 31. The molecule has 7 aromatic rings. The van der Waals surface area contributed by atoms with E-state index in [2.05, 4.69) is 116 Å². The Morgan fingerprint density at radius 2 is 0.789 bits per heavy atom. The smallest absolute Gasteiger partial charge is 0.163 e. The largest absolute Gasteiger partial charge is 0.490 e. The SMILES string of the molecule is CCCCCCCCCCCCOc1cc2nc(/C=C/c3ccc(C)cc3)c(/C=C/c3ccc(-c4cc(-c5ccccn5)nc(-c5ccccn5)c4)cc3)nc2cc1OCCCCCCCCCCCC. The summed E-state index contributed by atoms with van der Waals surface area (Å²) in [6.45, 7) is 7.98. The van der Waals surface area contributed by atoms with Crippen LogP contribution in [-0.2, 0) is 0 Å². The van der Waals surface area contributed by atoms with Crippen LogP contribution in [0, 0.1) is 6.92 Å². The average molecular weight is 948 g/mol. The molecule has 0 bridgehead atoms. The first-order valence-corrected chi connectivity index (χ1v) is 27.1. The molecule has 0 saturated heterocycles. The second kappa shape index (κ2) is 29.7.